The Morgan fingerprint density at radius 1 is 1.40 bits per heavy atom. The predicted octanol–water partition coefficient (Wildman–Crippen LogP) is 2.70. The number of hydrogen-bond acceptors (Lipinski definition) is 3. The van der Waals surface area contributed by atoms with Gasteiger partial charge in [-0.15, -0.1) is 0 Å². The molecule has 2 saturated carbocycles. The summed E-state index contributed by atoms with van der Waals surface area (Å²) in [5.74, 6) is 0.712. The number of benzene rings is 1. The van der Waals surface area contributed by atoms with E-state index in [0.29, 0.717) is 18.2 Å². The van der Waals surface area contributed by atoms with Crippen molar-refractivity contribution < 1.29 is 8.42 Å². The van der Waals surface area contributed by atoms with Crippen molar-refractivity contribution in [2.75, 3.05) is 12.3 Å². The molecule has 2 fully saturated rings. The molecule has 0 radical (unpaired) electrons. The number of nitrogens with one attached hydrogen (secondary N) is 1. The molecule has 2 aliphatic rings. The van der Waals surface area contributed by atoms with Gasteiger partial charge in [0.2, 0.25) is 10.0 Å². The number of sulfonamides is 1. The van der Waals surface area contributed by atoms with Crippen molar-refractivity contribution in [3.8, 4) is 0 Å². The topological polar surface area (TPSA) is 72.2 Å². The van der Waals surface area contributed by atoms with E-state index in [1.807, 2.05) is 0 Å². The van der Waals surface area contributed by atoms with Crippen LogP contribution in [-0.2, 0) is 10.0 Å². The van der Waals surface area contributed by atoms with Gasteiger partial charge in [0.15, 0.2) is 0 Å². The van der Waals surface area contributed by atoms with Crippen LogP contribution in [0.2, 0.25) is 5.02 Å². The maximum absolute atomic E-state index is 12.4. The number of aryl methyl sites for hydroxylation is 1. The molecule has 0 spiro atoms. The lowest BCUT2D eigenvalue weighted by atomic mass is 10.0. The molecule has 0 unspecified atom stereocenters. The highest BCUT2D eigenvalue weighted by Crippen LogP contribution is 2.60. The number of anilines is 1. The van der Waals surface area contributed by atoms with Crippen molar-refractivity contribution in [2.45, 2.75) is 37.5 Å². The van der Waals surface area contributed by atoms with E-state index in [9.17, 15) is 8.42 Å². The zero-order chi connectivity index (χ0) is 14.5. The van der Waals surface area contributed by atoms with E-state index in [-0.39, 0.29) is 15.3 Å². The first-order valence-electron chi connectivity index (χ1n) is 6.89. The summed E-state index contributed by atoms with van der Waals surface area (Å²) in [6.45, 7) is 2.32. The summed E-state index contributed by atoms with van der Waals surface area (Å²) < 4.78 is 27.5. The molecule has 20 heavy (non-hydrogen) atoms. The van der Waals surface area contributed by atoms with Gasteiger partial charge in [-0.05, 0) is 61.6 Å². The largest absolute Gasteiger partial charge is 0.398 e. The summed E-state index contributed by atoms with van der Waals surface area (Å²) in [5, 5.41) is 0.223. The van der Waals surface area contributed by atoms with Crippen LogP contribution >= 0.6 is 11.6 Å². The van der Waals surface area contributed by atoms with Crippen molar-refractivity contribution in [1.29, 1.82) is 0 Å². The van der Waals surface area contributed by atoms with Crippen molar-refractivity contribution in [3.63, 3.8) is 0 Å². The van der Waals surface area contributed by atoms with Crippen molar-refractivity contribution >= 4 is 27.3 Å². The van der Waals surface area contributed by atoms with Crippen molar-refractivity contribution in [2.24, 2.45) is 11.3 Å². The second-order valence-electron chi connectivity index (χ2n) is 6.10. The van der Waals surface area contributed by atoms with Gasteiger partial charge in [-0.25, -0.2) is 13.1 Å². The normalized spacial score (nSPS) is 20.9. The number of halogens is 1. The lowest BCUT2D eigenvalue weighted by Crippen LogP contribution is -2.31. The summed E-state index contributed by atoms with van der Waals surface area (Å²) in [7, 11) is -3.59. The third kappa shape index (κ3) is 2.54. The van der Waals surface area contributed by atoms with E-state index in [0.717, 1.165) is 18.4 Å². The predicted molar refractivity (Wildman–Crippen MR) is 80.2 cm³/mol. The molecular formula is C14H19ClN2O2S. The average molecular weight is 315 g/mol. The molecule has 0 aliphatic heterocycles. The highest BCUT2D eigenvalue weighted by atomic mass is 35.5. The smallest absolute Gasteiger partial charge is 0.242 e. The minimum absolute atomic E-state index is 0.0777. The summed E-state index contributed by atoms with van der Waals surface area (Å²) in [6.07, 6.45) is 4.73. The van der Waals surface area contributed by atoms with Gasteiger partial charge < -0.3 is 5.73 Å². The first-order chi connectivity index (χ1) is 9.34. The Hall–Kier alpha value is -0.780. The van der Waals surface area contributed by atoms with Gasteiger partial charge >= 0.3 is 0 Å². The number of nitrogens with two attached hydrogens (primary N) is 1. The van der Waals surface area contributed by atoms with E-state index >= 15 is 0 Å². The van der Waals surface area contributed by atoms with Crippen molar-refractivity contribution in [1.82, 2.24) is 4.72 Å². The molecule has 110 valence electrons. The molecule has 3 rings (SSSR count). The van der Waals surface area contributed by atoms with Gasteiger partial charge in [0, 0.05) is 12.2 Å². The first kappa shape index (κ1) is 14.2. The monoisotopic (exact) mass is 314 g/mol. The fraction of sp³-hybridized carbons (Fsp3) is 0.571. The molecule has 0 saturated heterocycles. The summed E-state index contributed by atoms with van der Waals surface area (Å²) >= 11 is 6.05. The molecule has 0 heterocycles. The quantitative estimate of drug-likeness (QED) is 0.821. The van der Waals surface area contributed by atoms with E-state index in [2.05, 4.69) is 4.72 Å². The first-order valence-corrected chi connectivity index (χ1v) is 8.75. The summed E-state index contributed by atoms with van der Waals surface area (Å²) in [6, 6.07) is 3.04. The van der Waals surface area contributed by atoms with Crippen LogP contribution < -0.4 is 10.5 Å². The zero-order valence-electron chi connectivity index (χ0n) is 11.4. The standard InChI is InChI=1S/C14H19ClN2O2S/c1-9-6-11(15)13(7-12(9)16)20(18,19)17-8-14(4-5-14)10-2-3-10/h6-7,10,17H,2-5,8,16H2,1H3. The molecular weight excluding hydrogens is 296 g/mol. The van der Waals surface area contributed by atoms with E-state index in [4.69, 9.17) is 17.3 Å². The lowest BCUT2D eigenvalue weighted by Gasteiger charge is -2.16. The van der Waals surface area contributed by atoms with Crippen LogP contribution in [0.15, 0.2) is 17.0 Å². The summed E-state index contributed by atoms with van der Waals surface area (Å²) in [4.78, 5) is 0.0777. The zero-order valence-corrected chi connectivity index (χ0v) is 13.0. The molecule has 3 N–H and O–H groups in total. The summed E-state index contributed by atoms with van der Waals surface area (Å²) in [5.41, 5.74) is 7.23. The number of rotatable bonds is 5. The third-order valence-corrected chi connectivity index (χ3v) is 6.43. The number of nitrogen functional groups attached to an aromatic ring is 1. The Bertz CT molecular complexity index is 649. The lowest BCUT2D eigenvalue weighted by molar-refractivity contribution is 0.432. The minimum Gasteiger partial charge on any atom is -0.398 e. The molecule has 6 heteroatoms. The molecule has 0 bridgehead atoms. The fourth-order valence-corrected chi connectivity index (χ4v) is 4.53. The maximum Gasteiger partial charge on any atom is 0.242 e. The third-order valence-electron chi connectivity index (χ3n) is 4.56. The van der Waals surface area contributed by atoms with Gasteiger partial charge in [0.25, 0.3) is 0 Å². The van der Waals surface area contributed by atoms with Crippen LogP contribution in [0.4, 0.5) is 5.69 Å². The molecule has 0 atom stereocenters. The highest BCUT2D eigenvalue weighted by Gasteiger charge is 2.53. The Morgan fingerprint density at radius 3 is 2.60 bits per heavy atom. The van der Waals surface area contributed by atoms with Crippen LogP contribution in [0.5, 0.6) is 0 Å². The molecule has 1 aromatic rings. The minimum atomic E-state index is -3.59. The molecule has 2 aliphatic carbocycles. The molecule has 1 aromatic carbocycles. The van der Waals surface area contributed by atoms with Gasteiger partial charge in [0.1, 0.15) is 4.90 Å². The Kier molecular flexibility index (Phi) is 3.27. The molecule has 4 nitrogen and oxygen atoms in total. The average Bonchev–Trinajstić information content (AvgIpc) is 3.24. The van der Waals surface area contributed by atoms with Crippen LogP contribution in [0, 0.1) is 18.3 Å². The van der Waals surface area contributed by atoms with Crippen molar-refractivity contribution in [3.05, 3.63) is 22.7 Å². The van der Waals surface area contributed by atoms with Crippen LogP contribution in [0.3, 0.4) is 0 Å². The van der Waals surface area contributed by atoms with Crippen LogP contribution in [0.1, 0.15) is 31.2 Å². The van der Waals surface area contributed by atoms with Crippen LogP contribution in [-0.4, -0.2) is 15.0 Å². The van der Waals surface area contributed by atoms with Gasteiger partial charge in [0.05, 0.1) is 5.02 Å². The SMILES string of the molecule is Cc1cc(Cl)c(S(=O)(=O)NCC2(C3CC3)CC2)cc1N. The number of hydrogen-bond donors (Lipinski definition) is 2. The second kappa shape index (κ2) is 4.61. The van der Waals surface area contributed by atoms with E-state index in [1.54, 1.807) is 13.0 Å². The maximum atomic E-state index is 12.4. The van der Waals surface area contributed by atoms with E-state index in [1.165, 1.54) is 18.9 Å². The van der Waals surface area contributed by atoms with Gasteiger partial charge in [-0.2, -0.15) is 0 Å². The van der Waals surface area contributed by atoms with Gasteiger partial charge in [-0.3, -0.25) is 0 Å². The van der Waals surface area contributed by atoms with Gasteiger partial charge in [-0.1, -0.05) is 11.6 Å². The van der Waals surface area contributed by atoms with E-state index < -0.39 is 10.0 Å². The Morgan fingerprint density at radius 2 is 2.05 bits per heavy atom. The second-order valence-corrected chi connectivity index (χ2v) is 8.24. The highest BCUT2D eigenvalue weighted by molar-refractivity contribution is 7.89. The Balaban J connectivity index is 1.79. The molecule has 0 amide bonds. The van der Waals surface area contributed by atoms with Crippen LogP contribution in [0.25, 0.3) is 0 Å². The Labute approximate surface area is 124 Å². The fourth-order valence-electron chi connectivity index (χ4n) is 2.78. The molecule has 0 aromatic heterocycles.